The third kappa shape index (κ3) is 9.29. The van der Waals surface area contributed by atoms with E-state index in [1.807, 2.05) is 12.3 Å². The average Bonchev–Trinajstić information content (AvgIpc) is 3.83. The van der Waals surface area contributed by atoms with Crippen molar-refractivity contribution in [3.8, 4) is 28.4 Å². The largest absolute Gasteiger partial charge is 0.509 e. The molecule has 0 spiro atoms. The first-order chi connectivity index (χ1) is 32.0. The van der Waals surface area contributed by atoms with Crippen LogP contribution in [0.3, 0.4) is 0 Å². The molecule has 0 atom stereocenters. The standard InChI is InChI=1S/C63H69N4O.Pt/c1-40(2)50-23-19-24-51(41(3)4)59(50)42-32-47(66-39-65(55-29-26-43(35-57(55)66)60(5,6)7)46-21-18-20-45(34-46)63(14,15)62(11,12)13)37-49(33-42)68-48-27-28-53-52-22-16-17-25-54(52)67(56(53)38-48)58-36-44(30-31-64-58)61(8,9)10;/h16-36,39-41H,1-15H3;/q-3;. The van der Waals surface area contributed by atoms with Crippen molar-refractivity contribution in [2.45, 2.75) is 132 Å². The second kappa shape index (κ2) is 18.3. The summed E-state index contributed by atoms with van der Waals surface area (Å²) in [5.74, 6) is 2.69. The fourth-order valence-corrected chi connectivity index (χ4v) is 9.54. The molecule has 0 saturated heterocycles. The topological polar surface area (TPSA) is 33.5 Å². The van der Waals surface area contributed by atoms with Gasteiger partial charge in [-0.1, -0.05) is 164 Å². The molecule has 0 saturated carbocycles. The van der Waals surface area contributed by atoms with E-state index in [-0.39, 0.29) is 42.7 Å². The Bertz CT molecular complexity index is 3160. The predicted molar refractivity (Wildman–Crippen MR) is 288 cm³/mol. The average molecular weight is 1090 g/mol. The van der Waals surface area contributed by atoms with Gasteiger partial charge in [-0.05, 0) is 115 Å². The summed E-state index contributed by atoms with van der Waals surface area (Å²) < 4.78 is 9.30. The third-order valence-electron chi connectivity index (χ3n) is 14.7. The first kappa shape index (κ1) is 49.8. The number of ether oxygens (including phenoxy) is 1. The van der Waals surface area contributed by atoms with Crippen LogP contribution < -0.4 is 14.5 Å². The zero-order valence-corrected chi connectivity index (χ0v) is 45.6. The van der Waals surface area contributed by atoms with Crippen LogP contribution in [0.4, 0.5) is 22.7 Å². The Kier molecular flexibility index (Phi) is 13.2. The normalized spacial score (nSPS) is 13.5. The maximum absolute atomic E-state index is 7.08. The maximum Gasteiger partial charge on any atom is 0.135 e. The summed E-state index contributed by atoms with van der Waals surface area (Å²) in [7, 11) is 0. The number of para-hydroxylation sites is 1. The molecule has 0 fully saturated rings. The van der Waals surface area contributed by atoms with Gasteiger partial charge < -0.3 is 19.1 Å². The van der Waals surface area contributed by atoms with Crippen molar-refractivity contribution in [1.82, 2.24) is 9.55 Å². The van der Waals surface area contributed by atoms with E-state index < -0.39 is 0 Å². The summed E-state index contributed by atoms with van der Waals surface area (Å²) in [4.78, 5) is 9.59. The molecule has 8 aromatic rings. The minimum atomic E-state index is -0.0620. The SMILES string of the molecule is CC(C)c1cccc(C(C)C)c1-c1cc(Oc2[c-]c3c(cc2)c2ccccc2n3-c2cc(C(C)(C)C)ccn2)[c-]c(N2[CH-]N(c3cccc(C(C)(C)C(C)(C)C)c3)c3ccc(C(C)(C)C)cc32)c1.[Pt]. The molecule has 360 valence electrons. The first-order valence-corrected chi connectivity index (χ1v) is 24.5. The molecule has 6 heteroatoms. The zero-order valence-electron chi connectivity index (χ0n) is 43.4. The number of anilines is 4. The minimum absolute atomic E-state index is 0. The molecule has 0 bridgehead atoms. The second-order valence-electron chi connectivity index (χ2n) is 23.2. The van der Waals surface area contributed by atoms with Crippen LogP contribution >= 0.6 is 0 Å². The van der Waals surface area contributed by atoms with Crippen molar-refractivity contribution >= 4 is 44.6 Å². The quantitative estimate of drug-likeness (QED) is 0.135. The summed E-state index contributed by atoms with van der Waals surface area (Å²) in [6.45, 7) is 36.7. The van der Waals surface area contributed by atoms with Gasteiger partial charge in [0, 0.05) is 61.3 Å². The summed E-state index contributed by atoms with van der Waals surface area (Å²) >= 11 is 0. The molecular weight excluding hydrogens is 1020 g/mol. The van der Waals surface area contributed by atoms with Crippen molar-refractivity contribution < 1.29 is 25.8 Å². The molecule has 1 aliphatic rings. The molecule has 5 nitrogen and oxygen atoms in total. The molecule has 6 aromatic carbocycles. The fourth-order valence-electron chi connectivity index (χ4n) is 9.54. The van der Waals surface area contributed by atoms with Gasteiger partial charge in [0.25, 0.3) is 0 Å². The van der Waals surface area contributed by atoms with Gasteiger partial charge in [-0.3, -0.25) is 0 Å². The van der Waals surface area contributed by atoms with Gasteiger partial charge >= 0.3 is 0 Å². The monoisotopic (exact) mass is 1090 g/mol. The van der Waals surface area contributed by atoms with Gasteiger partial charge in [-0.25, -0.2) is 4.98 Å². The number of nitrogens with zero attached hydrogens (tertiary/aromatic N) is 4. The smallest absolute Gasteiger partial charge is 0.135 e. The van der Waals surface area contributed by atoms with Crippen LogP contribution in [-0.4, -0.2) is 9.55 Å². The first-order valence-electron chi connectivity index (χ1n) is 24.5. The molecule has 0 amide bonds. The van der Waals surface area contributed by atoms with Gasteiger partial charge in [-0.15, -0.1) is 53.6 Å². The predicted octanol–water partition coefficient (Wildman–Crippen LogP) is 17.8. The summed E-state index contributed by atoms with van der Waals surface area (Å²) in [5.41, 5.74) is 14.9. The summed E-state index contributed by atoms with van der Waals surface area (Å²) in [6, 6.07) is 51.9. The number of aromatic nitrogens is 2. The van der Waals surface area contributed by atoms with E-state index in [0.29, 0.717) is 23.3 Å². The molecule has 2 aromatic heterocycles. The Morgan fingerprint density at radius 3 is 1.90 bits per heavy atom. The van der Waals surface area contributed by atoms with Crippen LogP contribution in [0.1, 0.15) is 144 Å². The van der Waals surface area contributed by atoms with Crippen LogP contribution in [0.25, 0.3) is 38.8 Å². The summed E-state index contributed by atoms with van der Waals surface area (Å²) in [6.07, 6.45) is 1.92. The zero-order chi connectivity index (χ0) is 48.7. The Hall–Kier alpha value is -5.64. The number of fused-ring (bicyclic) bond motifs is 4. The molecule has 0 N–H and O–H groups in total. The molecule has 3 heterocycles. The van der Waals surface area contributed by atoms with E-state index in [4.69, 9.17) is 9.72 Å². The van der Waals surface area contributed by atoms with Crippen LogP contribution in [0.5, 0.6) is 11.5 Å². The van der Waals surface area contributed by atoms with E-state index in [9.17, 15) is 0 Å². The Morgan fingerprint density at radius 1 is 0.565 bits per heavy atom. The van der Waals surface area contributed by atoms with Crippen LogP contribution in [-0.2, 0) is 37.3 Å². The van der Waals surface area contributed by atoms with Gasteiger partial charge in [-0.2, -0.15) is 6.07 Å². The number of rotatable bonds is 9. The van der Waals surface area contributed by atoms with E-state index in [1.54, 1.807) is 0 Å². The number of hydrogen-bond acceptors (Lipinski definition) is 4. The second-order valence-corrected chi connectivity index (χ2v) is 23.2. The van der Waals surface area contributed by atoms with Crippen molar-refractivity contribution in [3.05, 3.63) is 174 Å². The third-order valence-corrected chi connectivity index (χ3v) is 14.7. The molecule has 0 radical (unpaired) electrons. The van der Waals surface area contributed by atoms with E-state index in [0.717, 1.165) is 55.9 Å². The number of hydrogen-bond donors (Lipinski definition) is 0. The molecule has 69 heavy (non-hydrogen) atoms. The molecular formula is C63H69N4OPt-3. The fraction of sp³-hybridized carbons (Fsp3) is 0.333. The Labute approximate surface area is 427 Å². The van der Waals surface area contributed by atoms with Crippen molar-refractivity contribution in [1.29, 1.82) is 0 Å². The van der Waals surface area contributed by atoms with Crippen LogP contribution in [0.15, 0.2) is 128 Å². The van der Waals surface area contributed by atoms with Gasteiger partial charge in [0.05, 0.1) is 0 Å². The summed E-state index contributed by atoms with van der Waals surface area (Å²) in [5, 5.41) is 2.24. The van der Waals surface area contributed by atoms with Crippen molar-refractivity contribution in [2.24, 2.45) is 5.41 Å². The molecule has 0 aliphatic carbocycles. The number of pyridine rings is 1. The maximum atomic E-state index is 7.08. The Balaban J connectivity index is 0.00000642. The van der Waals surface area contributed by atoms with Crippen molar-refractivity contribution in [2.75, 3.05) is 9.80 Å². The number of benzene rings is 6. The van der Waals surface area contributed by atoms with Gasteiger partial charge in [0.1, 0.15) is 5.82 Å². The van der Waals surface area contributed by atoms with Gasteiger partial charge in [0.2, 0.25) is 0 Å². The van der Waals surface area contributed by atoms with Crippen LogP contribution in [0.2, 0.25) is 0 Å². The van der Waals surface area contributed by atoms with Crippen LogP contribution in [0, 0.1) is 24.2 Å². The van der Waals surface area contributed by atoms with E-state index in [2.05, 4.69) is 252 Å². The Morgan fingerprint density at radius 2 is 1.23 bits per heavy atom. The minimum Gasteiger partial charge on any atom is -0.509 e. The van der Waals surface area contributed by atoms with Gasteiger partial charge in [0.15, 0.2) is 0 Å². The van der Waals surface area contributed by atoms with E-state index in [1.165, 1.54) is 33.4 Å². The molecule has 1 aliphatic heterocycles. The molecule has 0 unspecified atom stereocenters. The van der Waals surface area contributed by atoms with E-state index >= 15 is 0 Å². The van der Waals surface area contributed by atoms with Crippen molar-refractivity contribution in [3.63, 3.8) is 0 Å². The molecule has 9 rings (SSSR count).